The molecule has 0 bridgehead atoms. The second-order valence-electron chi connectivity index (χ2n) is 6.12. The number of aryl methyl sites for hydroxylation is 1. The van der Waals surface area contributed by atoms with Crippen molar-refractivity contribution in [1.82, 2.24) is 29.9 Å². The van der Waals surface area contributed by atoms with Crippen molar-refractivity contribution in [2.24, 2.45) is 12.0 Å². The van der Waals surface area contributed by atoms with E-state index in [-0.39, 0.29) is 29.9 Å². The van der Waals surface area contributed by atoms with Crippen LogP contribution in [0.5, 0.6) is 0 Å². The molecular formula is C17H23ClIN7O. The molecule has 1 fully saturated rings. The maximum Gasteiger partial charge on any atom is 0.242 e. The number of carbonyl (C=O) groups excluding carboxylic acids is 1. The van der Waals surface area contributed by atoms with E-state index in [2.05, 4.69) is 20.5 Å². The van der Waals surface area contributed by atoms with Gasteiger partial charge in [0.15, 0.2) is 11.8 Å². The summed E-state index contributed by atoms with van der Waals surface area (Å²) in [5, 5.41) is 11.8. The minimum absolute atomic E-state index is 0. The van der Waals surface area contributed by atoms with Crippen molar-refractivity contribution in [3.8, 4) is 0 Å². The number of aromatic nitrogens is 3. The lowest BCUT2D eigenvalue weighted by Crippen LogP contribution is -2.54. The Bertz CT molecular complexity index is 793. The van der Waals surface area contributed by atoms with E-state index in [1.807, 2.05) is 45.7 Å². The number of rotatable bonds is 4. The highest BCUT2D eigenvalue weighted by molar-refractivity contribution is 14.0. The summed E-state index contributed by atoms with van der Waals surface area (Å²) in [7, 11) is 3.60. The Morgan fingerprint density at radius 2 is 2.04 bits per heavy atom. The molecule has 1 amide bonds. The second kappa shape index (κ2) is 9.88. The standard InChI is InChI=1S/C17H22ClN7O.HI/c1-19-17(20-9-15-22-21-12-23(15)2)25-8-7-24(16(26)11-25)10-13-3-5-14(18)6-4-13;/h3-6,12H,7-11H2,1-2H3,(H,19,20);1H. The van der Waals surface area contributed by atoms with Gasteiger partial charge in [-0.3, -0.25) is 9.79 Å². The number of piperazine rings is 1. The monoisotopic (exact) mass is 503 g/mol. The highest BCUT2D eigenvalue weighted by Gasteiger charge is 2.26. The molecule has 3 rings (SSSR count). The number of halogens is 2. The van der Waals surface area contributed by atoms with Crippen molar-refractivity contribution in [1.29, 1.82) is 0 Å². The molecule has 1 aliphatic heterocycles. The fourth-order valence-electron chi connectivity index (χ4n) is 2.82. The number of guanidine groups is 1. The third-order valence-electron chi connectivity index (χ3n) is 4.33. The number of carbonyl (C=O) groups is 1. The molecule has 1 aromatic heterocycles. The fourth-order valence-corrected chi connectivity index (χ4v) is 2.95. The van der Waals surface area contributed by atoms with E-state index in [0.717, 1.165) is 17.9 Å². The quantitative estimate of drug-likeness (QED) is 0.389. The molecule has 2 heterocycles. The molecule has 1 saturated heterocycles. The molecule has 2 aromatic rings. The molecular weight excluding hydrogens is 481 g/mol. The lowest BCUT2D eigenvalue weighted by atomic mass is 10.2. The molecule has 8 nitrogen and oxygen atoms in total. The topological polar surface area (TPSA) is 78.7 Å². The van der Waals surface area contributed by atoms with Gasteiger partial charge in [0.2, 0.25) is 5.91 Å². The summed E-state index contributed by atoms with van der Waals surface area (Å²) in [6.07, 6.45) is 1.65. The Balaban J connectivity index is 0.00000261. The van der Waals surface area contributed by atoms with Gasteiger partial charge in [0.25, 0.3) is 0 Å². The van der Waals surface area contributed by atoms with Gasteiger partial charge in [-0.1, -0.05) is 23.7 Å². The summed E-state index contributed by atoms with van der Waals surface area (Å²) in [6, 6.07) is 7.58. The van der Waals surface area contributed by atoms with E-state index in [1.54, 1.807) is 13.4 Å². The van der Waals surface area contributed by atoms with Gasteiger partial charge in [-0.2, -0.15) is 0 Å². The number of hydrogen-bond acceptors (Lipinski definition) is 4. The summed E-state index contributed by atoms with van der Waals surface area (Å²) in [5.74, 6) is 1.57. The van der Waals surface area contributed by atoms with Gasteiger partial charge >= 0.3 is 0 Å². The zero-order valence-corrected chi connectivity index (χ0v) is 18.4. The first-order valence-corrected chi connectivity index (χ1v) is 8.75. The smallest absolute Gasteiger partial charge is 0.242 e. The Hall–Kier alpha value is -1.88. The van der Waals surface area contributed by atoms with E-state index in [9.17, 15) is 4.79 Å². The zero-order valence-electron chi connectivity index (χ0n) is 15.3. The van der Waals surface area contributed by atoms with E-state index in [4.69, 9.17) is 11.6 Å². The van der Waals surface area contributed by atoms with Gasteiger partial charge in [0.1, 0.15) is 6.33 Å². The zero-order chi connectivity index (χ0) is 18.5. The molecule has 0 atom stereocenters. The number of benzene rings is 1. The summed E-state index contributed by atoms with van der Waals surface area (Å²) >= 11 is 5.91. The molecule has 1 N–H and O–H groups in total. The Labute approximate surface area is 180 Å². The summed E-state index contributed by atoms with van der Waals surface area (Å²) in [4.78, 5) is 20.6. The van der Waals surface area contributed by atoms with E-state index < -0.39 is 0 Å². The largest absolute Gasteiger partial charge is 0.349 e. The van der Waals surface area contributed by atoms with Crippen LogP contribution in [-0.4, -0.2) is 63.1 Å². The summed E-state index contributed by atoms with van der Waals surface area (Å²) in [6.45, 7) is 2.76. The van der Waals surface area contributed by atoms with Crippen LogP contribution in [0, 0.1) is 0 Å². The third-order valence-corrected chi connectivity index (χ3v) is 4.58. The predicted molar refractivity (Wildman–Crippen MR) is 115 cm³/mol. The van der Waals surface area contributed by atoms with Crippen molar-refractivity contribution >= 4 is 47.4 Å². The van der Waals surface area contributed by atoms with Gasteiger partial charge < -0.3 is 19.7 Å². The normalized spacial score (nSPS) is 14.9. The molecule has 0 saturated carbocycles. The lowest BCUT2D eigenvalue weighted by molar-refractivity contribution is -0.135. The van der Waals surface area contributed by atoms with Crippen LogP contribution in [0.1, 0.15) is 11.4 Å². The number of amides is 1. The highest BCUT2D eigenvalue weighted by atomic mass is 127. The van der Waals surface area contributed by atoms with Crippen molar-refractivity contribution < 1.29 is 4.79 Å². The first-order chi connectivity index (χ1) is 12.6. The SMILES string of the molecule is CN=C(NCc1nncn1C)N1CCN(Cc2ccc(Cl)cc2)C(=O)C1.I. The van der Waals surface area contributed by atoms with Gasteiger partial charge in [-0.25, -0.2) is 0 Å². The van der Waals surface area contributed by atoms with Crippen molar-refractivity contribution in [2.75, 3.05) is 26.7 Å². The maximum atomic E-state index is 12.5. The average molecular weight is 504 g/mol. The molecule has 27 heavy (non-hydrogen) atoms. The molecule has 0 aliphatic carbocycles. The molecule has 0 radical (unpaired) electrons. The number of aliphatic imine (C=N–C) groups is 1. The molecule has 0 unspecified atom stereocenters. The van der Waals surface area contributed by atoms with Crippen molar-refractivity contribution in [2.45, 2.75) is 13.1 Å². The minimum atomic E-state index is 0. The minimum Gasteiger partial charge on any atom is -0.349 e. The molecule has 1 aliphatic rings. The Morgan fingerprint density at radius 1 is 1.30 bits per heavy atom. The van der Waals surface area contributed by atoms with Crippen LogP contribution in [-0.2, 0) is 24.9 Å². The Morgan fingerprint density at radius 3 is 2.63 bits per heavy atom. The highest BCUT2D eigenvalue weighted by Crippen LogP contribution is 2.13. The summed E-state index contributed by atoms with van der Waals surface area (Å²) in [5.41, 5.74) is 1.07. The fraction of sp³-hybridized carbons (Fsp3) is 0.412. The van der Waals surface area contributed by atoms with Gasteiger partial charge in [-0.05, 0) is 17.7 Å². The third kappa shape index (κ3) is 5.55. The van der Waals surface area contributed by atoms with Crippen LogP contribution >= 0.6 is 35.6 Å². The van der Waals surface area contributed by atoms with Crippen molar-refractivity contribution in [3.63, 3.8) is 0 Å². The van der Waals surface area contributed by atoms with E-state index in [0.29, 0.717) is 37.2 Å². The van der Waals surface area contributed by atoms with Gasteiger partial charge in [0.05, 0.1) is 13.1 Å². The molecule has 10 heteroatoms. The van der Waals surface area contributed by atoms with Crippen LogP contribution in [0.25, 0.3) is 0 Å². The van der Waals surface area contributed by atoms with Crippen LogP contribution in [0.3, 0.4) is 0 Å². The second-order valence-corrected chi connectivity index (χ2v) is 6.56. The first kappa shape index (κ1) is 21.4. The van der Waals surface area contributed by atoms with Crippen LogP contribution < -0.4 is 5.32 Å². The van der Waals surface area contributed by atoms with Crippen LogP contribution in [0.2, 0.25) is 5.02 Å². The molecule has 1 aromatic carbocycles. The molecule has 0 spiro atoms. The van der Waals surface area contributed by atoms with E-state index >= 15 is 0 Å². The number of nitrogens with one attached hydrogen (secondary N) is 1. The van der Waals surface area contributed by atoms with Crippen LogP contribution in [0.4, 0.5) is 0 Å². The number of hydrogen-bond donors (Lipinski definition) is 1. The van der Waals surface area contributed by atoms with Gasteiger partial charge in [-0.15, -0.1) is 34.2 Å². The lowest BCUT2D eigenvalue weighted by Gasteiger charge is -2.36. The van der Waals surface area contributed by atoms with Crippen LogP contribution in [0.15, 0.2) is 35.6 Å². The van der Waals surface area contributed by atoms with E-state index in [1.165, 1.54) is 0 Å². The maximum absolute atomic E-state index is 12.5. The van der Waals surface area contributed by atoms with Gasteiger partial charge in [0, 0.05) is 38.8 Å². The van der Waals surface area contributed by atoms with Crippen molar-refractivity contribution in [3.05, 3.63) is 47.0 Å². The average Bonchev–Trinajstić information content (AvgIpc) is 3.04. The first-order valence-electron chi connectivity index (χ1n) is 8.37. The predicted octanol–water partition coefficient (Wildman–Crippen LogP) is 1.51. The number of nitrogens with zero attached hydrogens (tertiary/aromatic N) is 6. The Kier molecular flexibility index (Phi) is 7.84. The summed E-state index contributed by atoms with van der Waals surface area (Å²) < 4.78 is 1.84. The molecule has 146 valence electrons.